The number of aromatic nitrogens is 1. The quantitative estimate of drug-likeness (QED) is 0.466. The summed E-state index contributed by atoms with van der Waals surface area (Å²) in [5, 5.41) is 4.68. The van der Waals surface area contributed by atoms with Gasteiger partial charge in [0.05, 0.1) is 38.2 Å². The number of nitrogens with zero attached hydrogens (tertiary/aromatic N) is 2. The zero-order valence-corrected chi connectivity index (χ0v) is 19.0. The van der Waals surface area contributed by atoms with Gasteiger partial charge in [0, 0.05) is 44.4 Å². The van der Waals surface area contributed by atoms with Crippen LogP contribution in [0.4, 0.5) is 5.69 Å². The van der Waals surface area contributed by atoms with Crippen molar-refractivity contribution in [3.05, 3.63) is 35.3 Å². The number of carbonyl (C=O) groups excluding carboxylic acids is 2. The number of hydrogen-bond donors (Lipinski definition) is 1. The lowest BCUT2D eigenvalue weighted by Gasteiger charge is -2.21. The van der Waals surface area contributed by atoms with E-state index >= 15 is 0 Å². The summed E-state index contributed by atoms with van der Waals surface area (Å²) in [6, 6.07) is 7.19. The molecule has 1 aromatic heterocycles. The van der Waals surface area contributed by atoms with Crippen molar-refractivity contribution in [3.8, 4) is 5.75 Å². The van der Waals surface area contributed by atoms with Crippen LogP contribution >= 0.6 is 23.1 Å². The highest BCUT2D eigenvalue weighted by Gasteiger charge is 2.16. The molecule has 0 bridgehead atoms. The third kappa shape index (κ3) is 8.31. The molecule has 0 aliphatic carbocycles. The summed E-state index contributed by atoms with van der Waals surface area (Å²) >= 11 is 2.77. The first-order chi connectivity index (χ1) is 14.5. The first kappa shape index (κ1) is 24.1. The second-order valence-corrected chi connectivity index (χ2v) is 8.30. The first-order valence-electron chi connectivity index (χ1n) is 9.32. The normalized spacial score (nSPS) is 10.6. The van der Waals surface area contributed by atoms with Crippen LogP contribution in [0.15, 0.2) is 34.0 Å². The van der Waals surface area contributed by atoms with Gasteiger partial charge in [-0.05, 0) is 12.1 Å². The Bertz CT molecular complexity index is 807. The fourth-order valence-corrected chi connectivity index (χ4v) is 4.14. The number of amides is 2. The van der Waals surface area contributed by atoms with E-state index in [4.69, 9.17) is 14.2 Å². The molecule has 0 fully saturated rings. The van der Waals surface area contributed by atoms with E-state index in [2.05, 4.69) is 10.3 Å². The molecule has 30 heavy (non-hydrogen) atoms. The van der Waals surface area contributed by atoms with E-state index in [-0.39, 0.29) is 24.0 Å². The molecule has 0 saturated heterocycles. The number of anilines is 1. The van der Waals surface area contributed by atoms with Crippen molar-refractivity contribution in [2.24, 2.45) is 0 Å². The zero-order chi connectivity index (χ0) is 21.8. The van der Waals surface area contributed by atoms with E-state index in [1.807, 2.05) is 17.5 Å². The Morgan fingerprint density at radius 1 is 1.17 bits per heavy atom. The van der Waals surface area contributed by atoms with E-state index < -0.39 is 0 Å². The third-order valence-electron chi connectivity index (χ3n) is 4.03. The van der Waals surface area contributed by atoms with Gasteiger partial charge < -0.3 is 24.4 Å². The van der Waals surface area contributed by atoms with Gasteiger partial charge >= 0.3 is 0 Å². The van der Waals surface area contributed by atoms with Gasteiger partial charge in [0.25, 0.3) is 0 Å². The number of benzene rings is 1. The van der Waals surface area contributed by atoms with Crippen molar-refractivity contribution in [1.82, 2.24) is 9.88 Å². The van der Waals surface area contributed by atoms with Gasteiger partial charge in [-0.3, -0.25) is 9.59 Å². The van der Waals surface area contributed by atoms with E-state index in [0.717, 1.165) is 4.34 Å². The van der Waals surface area contributed by atoms with Gasteiger partial charge in [-0.2, -0.15) is 0 Å². The maximum atomic E-state index is 12.6. The molecule has 8 nitrogen and oxygen atoms in total. The van der Waals surface area contributed by atoms with Crippen LogP contribution in [0, 0.1) is 0 Å². The van der Waals surface area contributed by atoms with Crippen LogP contribution in [0.1, 0.15) is 5.69 Å². The number of thiazole rings is 1. The van der Waals surface area contributed by atoms with E-state index in [1.165, 1.54) is 23.1 Å². The number of ether oxygens (including phenoxy) is 3. The Morgan fingerprint density at radius 3 is 2.57 bits per heavy atom. The monoisotopic (exact) mass is 453 g/mol. The largest absolute Gasteiger partial charge is 0.497 e. The molecule has 0 radical (unpaired) electrons. The predicted octanol–water partition coefficient (Wildman–Crippen LogP) is 2.55. The summed E-state index contributed by atoms with van der Waals surface area (Å²) in [5.41, 5.74) is 1.37. The van der Waals surface area contributed by atoms with Crippen LogP contribution in [-0.2, 0) is 25.5 Å². The van der Waals surface area contributed by atoms with Gasteiger partial charge in [0.1, 0.15) is 5.75 Å². The number of rotatable bonds is 13. The van der Waals surface area contributed by atoms with Crippen molar-refractivity contribution in [3.63, 3.8) is 0 Å². The second kappa shape index (κ2) is 13.2. The average molecular weight is 454 g/mol. The molecule has 0 aliphatic rings. The molecule has 2 rings (SSSR count). The summed E-state index contributed by atoms with van der Waals surface area (Å²) in [4.78, 5) is 30.9. The average Bonchev–Trinajstić information content (AvgIpc) is 3.19. The van der Waals surface area contributed by atoms with Gasteiger partial charge in [-0.25, -0.2) is 4.98 Å². The minimum atomic E-state index is -0.133. The highest BCUT2D eigenvalue weighted by atomic mass is 32.2. The lowest BCUT2D eigenvalue weighted by Crippen LogP contribution is -2.37. The minimum Gasteiger partial charge on any atom is -0.497 e. The predicted molar refractivity (Wildman–Crippen MR) is 118 cm³/mol. The van der Waals surface area contributed by atoms with Crippen LogP contribution in [0.25, 0.3) is 0 Å². The number of thioether (sulfide) groups is 1. The van der Waals surface area contributed by atoms with E-state index in [1.54, 1.807) is 38.4 Å². The van der Waals surface area contributed by atoms with Crippen LogP contribution in [0.5, 0.6) is 5.75 Å². The molecule has 0 saturated carbocycles. The highest BCUT2D eigenvalue weighted by Crippen LogP contribution is 2.24. The van der Waals surface area contributed by atoms with Gasteiger partial charge in [0.15, 0.2) is 4.34 Å². The molecular formula is C20H27N3O5S2. The maximum absolute atomic E-state index is 12.6. The van der Waals surface area contributed by atoms with Crippen LogP contribution < -0.4 is 10.1 Å². The van der Waals surface area contributed by atoms with Crippen LogP contribution in [-0.4, -0.2) is 75.1 Å². The summed E-state index contributed by atoms with van der Waals surface area (Å²) in [6.07, 6.45) is 0.209. The summed E-state index contributed by atoms with van der Waals surface area (Å²) in [7, 11) is 4.79. The molecule has 1 N–H and O–H groups in total. The zero-order valence-electron chi connectivity index (χ0n) is 17.4. The van der Waals surface area contributed by atoms with Crippen molar-refractivity contribution >= 4 is 40.6 Å². The number of hydrogen-bond acceptors (Lipinski definition) is 8. The van der Waals surface area contributed by atoms with Crippen molar-refractivity contribution in [2.75, 3.05) is 58.7 Å². The molecule has 2 aromatic rings. The number of nitrogens with one attached hydrogen (secondary N) is 1. The summed E-state index contributed by atoms with van der Waals surface area (Å²) in [6.45, 7) is 1.95. The van der Waals surface area contributed by atoms with E-state index in [0.29, 0.717) is 43.4 Å². The van der Waals surface area contributed by atoms with Gasteiger partial charge in [0.2, 0.25) is 11.8 Å². The lowest BCUT2D eigenvalue weighted by atomic mass is 10.3. The highest BCUT2D eigenvalue weighted by molar-refractivity contribution is 8.01. The van der Waals surface area contributed by atoms with Crippen molar-refractivity contribution in [2.45, 2.75) is 10.8 Å². The smallest absolute Gasteiger partial charge is 0.234 e. The molecule has 1 aromatic carbocycles. The van der Waals surface area contributed by atoms with Crippen LogP contribution in [0.2, 0.25) is 0 Å². The molecule has 0 aliphatic heterocycles. The summed E-state index contributed by atoms with van der Waals surface area (Å²) in [5.74, 6) is 0.749. The lowest BCUT2D eigenvalue weighted by molar-refractivity contribution is -0.131. The molecule has 1 heterocycles. The minimum absolute atomic E-state index is 0.0262. The fraction of sp³-hybridized carbons (Fsp3) is 0.450. The first-order valence-corrected chi connectivity index (χ1v) is 11.2. The topological polar surface area (TPSA) is 90.0 Å². The fourth-order valence-electron chi connectivity index (χ4n) is 2.49. The van der Waals surface area contributed by atoms with Gasteiger partial charge in [-0.15, -0.1) is 11.3 Å². The maximum Gasteiger partial charge on any atom is 0.234 e. The molecule has 10 heteroatoms. The Kier molecular flexibility index (Phi) is 10.6. The third-order valence-corrected chi connectivity index (χ3v) is 6.10. The SMILES string of the molecule is COCCN(CCOC)C(=O)Cc1csc(SCC(=O)Nc2cccc(OC)c2)n1. The number of methoxy groups -OCH3 is 3. The number of carbonyl (C=O) groups is 2. The molecule has 164 valence electrons. The Labute approximate surface area is 184 Å². The van der Waals surface area contributed by atoms with Crippen molar-refractivity contribution in [1.29, 1.82) is 0 Å². The van der Waals surface area contributed by atoms with Crippen molar-refractivity contribution < 1.29 is 23.8 Å². The standard InChI is InChI=1S/C20H27N3O5S2/c1-26-9-7-23(8-10-27-2)19(25)12-16-13-29-20(22-16)30-14-18(24)21-15-5-4-6-17(11-15)28-3/h4-6,11,13H,7-10,12,14H2,1-3H3,(H,21,24). The van der Waals surface area contributed by atoms with E-state index in [9.17, 15) is 9.59 Å². The second-order valence-electron chi connectivity index (χ2n) is 6.22. The summed E-state index contributed by atoms with van der Waals surface area (Å²) < 4.78 is 16.0. The Hall–Kier alpha value is -2.14. The van der Waals surface area contributed by atoms with Gasteiger partial charge in [-0.1, -0.05) is 17.8 Å². The molecule has 0 unspecified atom stereocenters. The molecule has 0 atom stereocenters. The van der Waals surface area contributed by atoms with Crippen LogP contribution in [0.3, 0.4) is 0 Å². The Morgan fingerprint density at radius 2 is 1.90 bits per heavy atom. The molecular weight excluding hydrogens is 426 g/mol. The Balaban J connectivity index is 1.83. The molecule has 0 spiro atoms. The molecule has 2 amide bonds.